The van der Waals surface area contributed by atoms with Gasteiger partial charge in [0, 0.05) is 20.3 Å². The smallest absolute Gasteiger partial charge is 0.237 e. The number of hydrogen-bond donors (Lipinski definition) is 2. The maximum atomic E-state index is 11.9. The largest absolute Gasteiger partial charge is 0.385 e. The lowest BCUT2D eigenvalue weighted by Crippen LogP contribution is -2.49. The summed E-state index contributed by atoms with van der Waals surface area (Å²) in [6, 6.07) is -0.444. The molecule has 1 fully saturated rings. The Morgan fingerprint density at radius 1 is 1.47 bits per heavy atom. The average molecular weight is 242 g/mol. The molecule has 0 bridgehead atoms. The Labute approximate surface area is 104 Å². The predicted octanol–water partition coefficient (Wildman–Crippen LogP) is 1.29. The van der Waals surface area contributed by atoms with Crippen molar-refractivity contribution in [3.05, 3.63) is 0 Å². The highest BCUT2D eigenvalue weighted by molar-refractivity contribution is 5.82. The third-order valence-corrected chi connectivity index (χ3v) is 3.65. The Bertz CT molecular complexity index is 267. The quantitative estimate of drug-likeness (QED) is 0.737. The van der Waals surface area contributed by atoms with Gasteiger partial charge >= 0.3 is 0 Å². The maximum Gasteiger partial charge on any atom is 0.237 e. The molecular weight excluding hydrogens is 216 g/mol. The van der Waals surface area contributed by atoms with E-state index in [4.69, 9.17) is 10.5 Å². The van der Waals surface area contributed by atoms with Gasteiger partial charge in [-0.05, 0) is 30.1 Å². The number of hydrogen-bond acceptors (Lipinski definition) is 3. The molecule has 0 spiro atoms. The molecule has 1 rings (SSSR count). The number of rotatable bonds is 6. The SMILES string of the molecule is COCCC1(CNC(=O)C(N)C(C)(C)C)CC1. The summed E-state index contributed by atoms with van der Waals surface area (Å²) in [5.74, 6) is -0.0406. The first-order valence-corrected chi connectivity index (χ1v) is 6.33. The zero-order valence-corrected chi connectivity index (χ0v) is 11.5. The molecule has 1 atom stereocenters. The molecule has 0 radical (unpaired) electrons. The lowest BCUT2D eigenvalue weighted by Gasteiger charge is -2.27. The molecule has 0 aliphatic heterocycles. The second-order valence-corrected chi connectivity index (χ2v) is 6.30. The molecule has 0 aromatic heterocycles. The minimum Gasteiger partial charge on any atom is -0.385 e. The van der Waals surface area contributed by atoms with Crippen molar-refractivity contribution in [2.24, 2.45) is 16.6 Å². The minimum atomic E-state index is -0.444. The van der Waals surface area contributed by atoms with Crippen LogP contribution in [0, 0.1) is 10.8 Å². The zero-order chi connectivity index (χ0) is 13.1. The minimum absolute atomic E-state index is 0.0406. The van der Waals surface area contributed by atoms with E-state index in [1.54, 1.807) is 7.11 Å². The summed E-state index contributed by atoms with van der Waals surface area (Å²) in [4.78, 5) is 11.9. The Balaban J connectivity index is 2.33. The van der Waals surface area contributed by atoms with E-state index in [1.807, 2.05) is 20.8 Å². The van der Waals surface area contributed by atoms with Gasteiger partial charge in [0.25, 0.3) is 0 Å². The molecule has 1 aliphatic carbocycles. The standard InChI is InChI=1S/C13H26N2O2/c1-12(2,3)10(14)11(16)15-9-13(5-6-13)7-8-17-4/h10H,5-9,14H2,1-4H3,(H,15,16). The molecular formula is C13H26N2O2. The molecule has 0 aromatic carbocycles. The third-order valence-electron chi connectivity index (χ3n) is 3.65. The topological polar surface area (TPSA) is 64.3 Å². The van der Waals surface area contributed by atoms with Crippen LogP contribution < -0.4 is 11.1 Å². The highest BCUT2D eigenvalue weighted by atomic mass is 16.5. The van der Waals surface area contributed by atoms with Crippen molar-refractivity contribution in [1.82, 2.24) is 5.32 Å². The van der Waals surface area contributed by atoms with Crippen molar-refractivity contribution >= 4 is 5.91 Å². The van der Waals surface area contributed by atoms with E-state index in [2.05, 4.69) is 5.32 Å². The van der Waals surface area contributed by atoms with Crippen molar-refractivity contribution in [1.29, 1.82) is 0 Å². The van der Waals surface area contributed by atoms with Crippen molar-refractivity contribution in [2.75, 3.05) is 20.3 Å². The average Bonchev–Trinajstić information content (AvgIpc) is 3.01. The van der Waals surface area contributed by atoms with E-state index >= 15 is 0 Å². The zero-order valence-electron chi connectivity index (χ0n) is 11.5. The van der Waals surface area contributed by atoms with Gasteiger partial charge in [0.1, 0.15) is 0 Å². The van der Waals surface area contributed by atoms with E-state index in [1.165, 1.54) is 12.8 Å². The highest BCUT2D eigenvalue weighted by Crippen LogP contribution is 2.48. The summed E-state index contributed by atoms with van der Waals surface area (Å²) < 4.78 is 5.09. The molecule has 0 aromatic rings. The van der Waals surface area contributed by atoms with E-state index < -0.39 is 6.04 Å². The first kappa shape index (κ1) is 14.5. The summed E-state index contributed by atoms with van der Waals surface area (Å²) >= 11 is 0. The van der Waals surface area contributed by atoms with Crippen molar-refractivity contribution in [3.63, 3.8) is 0 Å². The summed E-state index contributed by atoms with van der Waals surface area (Å²) in [6.45, 7) is 7.44. The number of nitrogens with one attached hydrogen (secondary N) is 1. The molecule has 1 saturated carbocycles. The number of carbonyl (C=O) groups excluding carboxylic acids is 1. The number of amides is 1. The first-order chi connectivity index (χ1) is 7.81. The lowest BCUT2D eigenvalue weighted by molar-refractivity contribution is -0.124. The van der Waals surface area contributed by atoms with Gasteiger partial charge < -0.3 is 15.8 Å². The Kier molecular flexibility index (Phi) is 4.55. The number of methoxy groups -OCH3 is 1. The van der Waals surface area contributed by atoms with Crippen molar-refractivity contribution in [2.45, 2.75) is 46.1 Å². The fraction of sp³-hybridized carbons (Fsp3) is 0.923. The van der Waals surface area contributed by atoms with Crippen LogP contribution in [0.15, 0.2) is 0 Å². The highest BCUT2D eigenvalue weighted by Gasteiger charge is 2.42. The number of carbonyl (C=O) groups is 1. The molecule has 100 valence electrons. The van der Waals surface area contributed by atoms with Crippen LogP contribution in [-0.4, -0.2) is 32.2 Å². The Morgan fingerprint density at radius 3 is 2.47 bits per heavy atom. The van der Waals surface area contributed by atoms with Crippen molar-refractivity contribution < 1.29 is 9.53 Å². The maximum absolute atomic E-state index is 11.9. The summed E-state index contributed by atoms with van der Waals surface area (Å²) in [5.41, 5.74) is 6.00. The molecule has 1 amide bonds. The second-order valence-electron chi connectivity index (χ2n) is 6.30. The summed E-state index contributed by atoms with van der Waals surface area (Å²) in [6.07, 6.45) is 3.39. The number of ether oxygens (including phenoxy) is 1. The Hall–Kier alpha value is -0.610. The molecule has 0 saturated heterocycles. The van der Waals surface area contributed by atoms with Gasteiger partial charge in [-0.15, -0.1) is 0 Å². The van der Waals surface area contributed by atoms with Crippen LogP contribution in [0.3, 0.4) is 0 Å². The summed E-state index contributed by atoms with van der Waals surface area (Å²) in [5, 5.41) is 2.98. The van der Waals surface area contributed by atoms with Crippen LogP contribution in [0.4, 0.5) is 0 Å². The summed E-state index contributed by atoms with van der Waals surface area (Å²) in [7, 11) is 1.71. The van der Waals surface area contributed by atoms with Crippen LogP contribution in [0.1, 0.15) is 40.0 Å². The predicted molar refractivity (Wildman–Crippen MR) is 68.6 cm³/mol. The van der Waals surface area contributed by atoms with Gasteiger partial charge in [-0.25, -0.2) is 0 Å². The van der Waals surface area contributed by atoms with Crippen molar-refractivity contribution in [3.8, 4) is 0 Å². The van der Waals surface area contributed by atoms with Gasteiger partial charge in [0.05, 0.1) is 6.04 Å². The van der Waals surface area contributed by atoms with Crippen LogP contribution in [0.5, 0.6) is 0 Å². The fourth-order valence-corrected chi connectivity index (χ4v) is 1.79. The molecule has 0 heterocycles. The van der Waals surface area contributed by atoms with Crippen LogP contribution >= 0.6 is 0 Å². The molecule has 17 heavy (non-hydrogen) atoms. The van der Waals surface area contributed by atoms with Gasteiger partial charge in [0.15, 0.2) is 0 Å². The molecule has 1 aliphatic rings. The van der Waals surface area contributed by atoms with E-state index in [0.717, 1.165) is 19.6 Å². The monoisotopic (exact) mass is 242 g/mol. The third kappa shape index (κ3) is 4.28. The molecule has 3 N–H and O–H groups in total. The van der Waals surface area contributed by atoms with Crippen LogP contribution in [0.2, 0.25) is 0 Å². The second kappa shape index (κ2) is 5.36. The van der Waals surface area contributed by atoms with Gasteiger partial charge in [0.2, 0.25) is 5.91 Å². The van der Waals surface area contributed by atoms with Gasteiger partial charge in [-0.2, -0.15) is 0 Å². The van der Waals surface area contributed by atoms with E-state index in [-0.39, 0.29) is 16.7 Å². The first-order valence-electron chi connectivity index (χ1n) is 6.33. The number of nitrogens with two attached hydrogens (primary N) is 1. The molecule has 1 unspecified atom stereocenters. The van der Waals surface area contributed by atoms with Crippen LogP contribution in [-0.2, 0) is 9.53 Å². The lowest BCUT2D eigenvalue weighted by atomic mass is 9.87. The molecule has 4 nitrogen and oxygen atoms in total. The van der Waals surface area contributed by atoms with Gasteiger partial charge in [-0.3, -0.25) is 4.79 Å². The van der Waals surface area contributed by atoms with Gasteiger partial charge in [-0.1, -0.05) is 20.8 Å². The van der Waals surface area contributed by atoms with E-state index in [9.17, 15) is 4.79 Å². The molecule has 4 heteroatoms. The van der Waals surface area contributed by atoms with E-state index in [0.29, 0.717) is 0 Å². The Morgan fingerprint density at radius 2 is 2.06 bits per heavy atom. The van der Waals surface area contributed by atoms with Crippen LogP contribution in [0.25, 0.3) is 0 Å². The fourth-order valence-electron chi connectivity index (χ4n) is 1.79. The normalized spacial score (nSPS) is 19.8.